The average molecular weight is 436 g/mol. The summed E-state index contributed by atoms with van der Waals surface area (Å²) >= 11 is 0. The number of halogens is 3. The number of benzene rings is 3. The average Bonchev–Trinajstić information content (AvgIpc) is 2.82. The Bertz CT molecular complexity index is 1110. The van der Waals surface area contributed by atoms with Gasteiger partial charge in [0, 0.05) is 23.6 Å². The Morgan fingerprint density at radius 2 is 1.56 bits per heavy atom. The lowest BCUT2D eigenvalue weighted by molar-refractivity contribution is -0.198. The third-order valence-corrected chi connectivity index (χ3v) is 5.33. The molecule has 1 saturated heterocycles. The standard InChI is InChI=1S/C25H20BF3O3/c1-2-15-12-30-25(31-13-15)20-8-7-18(11-21(20)27)16-3-5-17(6-4-16)19-9-10-22(32-14-26)24(29)23(19)28/h2-11,15,25H,1,12-14H2. The van der Waals surface area contributed by atoms with Gasteiger partial charge in [0.1, 0.15) is 13.7 Å². The van der Waals surface area contributed by atoms with Gasteiger partial charge >= 0.3 is 0 Å². The molecule has 7 heteroatoms. The molecule has 2 radical (unpaired) electrons. The SMILES string of the molecule is [B]COc1ccc(-c2ccc(-c3ccc(C4OCC(C=C)CO4)c(F)c3)cc2)c(F)c1F. The van der Waals surface area contributed by atoms with Gasteiger partial charge in [-0.05, 0) is 34.9 Å². The molecule has 162 valence electrons. The normalized spacial score (nSPS) is 18.3. The fourth-order valence-corrected chi connectivity index (χ4v) is 3.53. The van der Waals surface area contributed by atoms with Crippen LogP contribution in [0.4, 0.5) is 13.2 Å². The van der Waals surface area contributed by atoms with E-state index in [9.17, 15) is 13.2 Å². The van der Waals surface area contributed by atoms with Crippen molar-refractivity contribution in [2.45, 2.75) is 6.29 Å². The molecule has 0 aromatic heterocycles. The largest absolute Gasteiger partial charge is 0.500 e. The zero-order chi connectivity index (χ0) is 22.7. The van der Waals surface area contributed by atoms with Crippen molar-refractivity contribution in [1.82, 2.24) is 0 Å². The van der Waals surface area contributed by atoms with Gasteiger partial charge in [-0.25, -0.2) is 8.78 Å². The van der Waals surface area contributed by atoms with Crippen LogP contribution in [0.3, 0.4) is 0 Å². The molecule has 3 nitrogen and oxygen atoms in total. The molecule has 0 unspecified atom stereocenters. The fourth-order valence-electron chi connectivity index (χ4n) is 3.53. The first-order valence-corrected chi connectivity index (χ1v) is 10.1. The minimum Gasteiger partial charge on any atom is -0.500 e. The minimum atomic E-state index is -1.10. The molecule has 32 heavy (non-hydrogen) atoms. The van der Waals surface area contributed by atoms with E-state index in [0.717, 1.165) is 5.56 Å². The van der Waals surface area contributed by atoms with Crippen molar-refractivity contribution in [3.8, 4) is 28.0 Å². The third-order valence-electron chi connectivity index (χ3n) is 5.33. The van der Waals surface area contributed by atoms with Crippen LogP contribution in [-0.2, 0) is 9.47 Å². The van der Waals surface area contributed by atoms with E-state index >= 15 is 0 Å². The second-order valence-corrected chi connectivity index (χ2v) is 7.36. The molecule has 0 amide bonds. The molecule has 0 bridgehead atoms. The highest BCUT2D eigenvalue weighted by Crippen LogP contribution is 2.33. The monoisotopic (exact) mass is 436 g/mol. The smallest absolute Gasteiger partial charge is 0.201 e. The predicted octanol–water partition coefficient (Wildman–Crippen LogP) is 5.79. The Balaban J connectivity index is 1.54. The summed E-state index contributed by atoms with van der Waals surface area (Å²) in [6, 6.07) is 14.3. The van der Waals surface area contributed by atoms with Gasteiger partial charge < -0.3 is 14.2 Å². The van der Waals surface area contributed by atoms with Crippen LogP contribution in [0, 0.1) is 23.4 Å². The number of rotatable bonds is 6. The summed E-state index contributed by atoms with van der Waals surface area (Å²) in [6.07, 6.45) is 0.994. The van der Waals surface area contributed by atoms with E-state index < -0.39 is 23.7 Å². The summed E-state index contributed by atoms with van der Waals surface area (Å²) in [4.78, 5) is 0. The second-order valence-electron chi connectivity index (χ2n) is 7.36. The predicted molar refractivity (Wildman–Crippen MR) is 117 cm³/mol. The Hall–Kier alpha value is -3.03. The van der Waals surface area contributed by atoms with Crippen LogP contribution in [0.15, 0.2) is 67.3 Å². The molecule has 0 N–H and O–H groups in total. The van der Waals surface area contributed by atoms with Crippen molar-refractivity contribution >= 4 is 7.85 Å². The number of hydrogen-bond donors (Lipinski definition) is 0. The van der Waals surface area contributed by atoms with Crippen molar-refractivity contribution in [3.63, 3.8) is 0 Å². The van der Waals surface area contributed by atoms with Crippen molar-refractivity contribution < 1.29 is 27.4 Å². The van der Waals surface area contributed by atoms with Gasteiger partial charge in [0.2, 0.25) is 5.82 Å². The minimum absolute atomic E-state index is 0.0874. The molecule has 3 aromatic rings. The van der Waals surface area contributed by atoms with E-state index in [-0.39, 0.29) is 23.7 Å². The van der Waals surface area contributed by atoms with Gasteiger partial charge in [-0.2, -0.15) is 4.39 Å². The van der Waals surface area contributed by atoms with Gasteiger partial charge in [-0.3, -0.25) is 0 Å². The summed E-state index contributed by atoms with van der Waals surface area (Å²) in [6.45, 7) is 4.30. The van der Waals surface area contributed by atoms with Crippen LogP contribution in [0.5, 0.6) is 5.75 Å². The van der Waals surface area contributed by atoms with E-state index in [0.29, 0.717) is 29.9 Å². The van der Waals surface area contributed by atoms with Crippen molar-refractivity contribution in [2.75, 3.05) is 19.7 Å². The lowest BCUT2D eigenvalue weighted by atomic mass is 9.98. The van der Waals surface area contributed by atoms with E-state index in [1.807, 2.05) is 0 Å². The van der Waals surface area contributed by atoms with Gasteiger partial charge in [0.15, 0.2) is 17.9 Å². The van der Waals surface area contributed by atoms with E-state index in [4.69, 9.17) is 22.1 Å². The molecule has 4 rings (SSSR count). The maximum atomic E-state index is 14.7. The summed E-state index contributed by atoms with van der Waals surface area (Å²) in [7, 11) is 5.22. The molecule has 1 aliphatic rings. The molecule has 0 saturated carbocycles. The molecule has 1 fully saturated rings. The zero-order valence-corrected chi connectivity index (χ0v) is 17.2. The number of hydrogen-bond acceptors (Lipinski definition) is 3. The first kappa shape index (κ1) is 22.2. The van der Waals surface area contributed by atoms with Crippen LogP contribution in [0.25, 0.3) is 22.3 Å². The quantitative estimate of drug-likeness (QED) is 0.362. The summed E-state index contributed by atoms with van der Waals surface area (Å²) in [5, 5.41) is 0. The molecular formula is C25H20BF3O3. The molecule has 0 spiro atoms. The van der Waals surface area contributed by atoms with Crippen LogP contribution in [0.2, 0.25) is 0 Å². The topological polar surface area (TPSA) is 27.7 Å². The maximum Gasteiger partial charge on any atom is 0.201 e. The molecule has 0 aliphatic carbocycles. The Kier molecular flexibility index (Phi) is 6.67. The van der Waals surface area contributed by atoms with E-state index in [1.54, 1.807) is 42.5 Å². The molecule has 0 atom stereocenters. The second kappa shape index (κ2) is 9.63. The van der Waals surface area contributed by atoms with Gasteiger partial charge in [0.25, 0.3) is 0 Å². The Morgan fingerprint density at radius 3 is 2.19 bits per heavy atom. The van der Waals surface area contributed by atoms with Crippen molar-refractivity contribution in [3.05, 3.63) is 90.3 Å². The molecule has 1 aliphatic heterocycles. The van der Waals surface area contributed by atoms with E-state index in [1.165, 1.54) is 18.2 Å². The lowest BCUT2D eigenvalue weighted by Crippen LogP contribution is -2.26. The van der Waals surface area contributed by atoms with Crippen molar-refractivity contribution in [1.29, 1.82) is 0 Å². The number of ether oxygens (including phenoxy) is 3. The summed E-state index contributed by atoms with van der Waals surface area (Å²) in [5.74, 6) is -2.72. The van der Waals surface area contributed by atoms with Crippen LogP contribution in [-0.4, -0.2) is 27.6 Å². The molecular weight excluding hydrogens is 416 g/mol. The maximum absolute atomic E-state index is 14.7. The fraction of sp³-hybridized carbons (Fsp3) is 0.200. The first-order chi connectivity index (χ1) is 15.5. The highest BCUT2D eigenvalue weighted by molar-refractivity contribution is 6.08. The summed E-state index contributed by atoms with van der Waals surface area (Å²) in [5.41, 5.74) is 2.24. The Morgan fingerprint density at radius 1 is 0.906 bits per heavy atom. The van der Waals surface area contributed by atoms with Gasteiger partial charge in [0.05, 0.1) is 13.2 Å². The summed E-state index contributed by atoms with van der Waals surface area (Å²) < 4.78 is 59.4. The van der Waals surface area contributed by atoms with Crippen LogP contribution < -0.4 is 4.74 Å². The van der Waals surface area contributed by atoms with Crippen LogP contribution in [0.1, 0.15) is 11.9 Å². The zero-order valence-electron chi connectivity index (χ0n) is 17.2. The van der Waals surface area contributed by atoms with E-state index in [2.05, 4.69) is 6.58 Å². The lowest BCUT2D eigenvalue weighted by Gasteiger charge is -2.28. The first-order valence-electron chi connectivity index (χ1n) is 10.1. The van der Waals surface area contributed by atoms with Gasteiger partial charge in [-0.1, -0.05) is 42.5 Å². The Labute approximate surface area is 185 Å². The van der Waals surface area contributed by atoms with Crippen molar-refractivity contribution in [2.24, 2.45) is 5.92 Å². The highest BCUT2D eigenvalue weighted by atomic mass is 19.2. The van der Waals surface area contributed by atoms with Gasteiger partial charge in [-0.15, -0.1) is 6.58 Å². The van der Waals surface area contributed by atoms with Crippen LogP contribution >= 0.6 is 0 Å². The highest BCUT2D eigenvalue weighted by Gasteiger charge is 2.24. The third kappa shape index (κ3) is 4.45. The molecule has 3 aromatic carbocycles. The molecule has 1 heterocycles.